The predicted octanol–water partition coefficient (Wildman–Crippen LogP) is 4.61. The molecule has 0 amide bonds. The van der Waals surface area contributed by atoms with Crippen LogP contribution < -0.4 is 16.0 Å². The van der Waals surface area contributed by atoms with Gasteiger partial charge in [0.25, 0.3) is 6.29 Å². The van der Waals surface area contributed by atoms with Crippen LogP contribution in [0.1, 0.15) is 22.3 Å². The zero-order valence-corrected chi connectivity index (χ0v) is 21.6. The Labute approximate surface area is 235 Å². The lowest BCUT2D eigenvalue weighted by molar-refractivity contribution is -0.155. The fraction of sp³-hybridized carbons (Fsp3) is 0.0938. The molecule has 1 unspecified atom stereocenters. The van der Waals surface area contributed by atoms with Gasteiger partial charge in [-0.15, -0.1) is 0 Å². The summed E-state index contributed by atoms with van der Waals surface area (Å²) in [5.41, 5.74) is 1.66. The van der Waals surface area contributed by atoms with Crippen molar-refractivity contribution >= 4 is 33.7 Å². The van der Waals surface area contributed by atoms with Gasteiger partial charge in [0.15, 0.2) is 11.3 Å². The first-order chi connectivity index (χ1) is 20.2. The van der Waals surface area contributed by atoms with Gasteiger partial charge in [-0.2, -0.15) is 0 Å². The van der Waals surface area contributed by atoms with E-state index >= 15 is 0 Å². The Morgan fingerprint density at radius 1 is 0.738 bits per heavy atom. The van der Waals surface area contributed by atoms with Crippen LogP contribution in [-0.2, 0) is 22.4 Å². The number of hydrogen-bond donors (Lipinski definition) is 3. The largest absolute Gasteiger partial charge is 0.508 e. The molecule has 0 saturated heterocycles. The minimum absolute atomic E-state index is 0.00588. The van der Waals surface area contributed by atoms with E-state index in [0.717, 1.165) is 5.56 Å². The van der Waals surface area contributed by atoms with Crippen LogP contribution in [0.4, 0.5) is 0 Å². The third-order valence-electron chi connectivity index (χ3n) is 7.29. The number of esters is 1. The lowest BCUT2D eigenvalue weighted by Crippen LogP contribution is -2.34. The number of carbonyl (C=O) groups excluding carboxylic acids is 1. The predicted molar refractivity (Wildman–Crippen MR) is 149 cm³/mol. The molecule has 3 N–H and O–H groups in total. The molecule has 7 rings (SSSR count). The van der Waals surface area contributed by atoms with Gasteiger partial charge < -0.3 is 33.6 Å². The summed E-state index contributed by atoms with van der Waals surface area (Å²) in [6, 6.07) is 16.8. The highest BCUT2D eigenvalue weighted by Crippen LogP contribution is 2.39. The van der Waals surface area contributed by atoms with Crippen molar-refractivity contribution in [2.45, 2.75) is 19.1 Å². The maximum absolute atomic E-state index is 12.9. The van der Waals surface area contributed by atoms with Crippen molar-refractivity contribution in [1.29, 1.82) is 0 Å². The van der Waals surface area contributed by atoms with Crippen molar-refractivity contribution in [3.63, 3.8) is 0 Å². The lowest BCUT2D eigenvalue weighted by Gasteiger charge is -2.30. The van der Waals surface area contributed by atoms with Gasteiger partial charge in [0.2, 0.25) is 0 Å². The number of fused-ring (bicyclic) bond motifs is 4. The van der Waals surface area contributed by atoms with Gasteiger partial charge in [-0.25, -0.2) is 14.4 Å². The number of rotatable bonds is 4. The fourth-order valence-corrected chi connectivity index (χ4v) is 5.36. The van der Waals surface area contributed by atoms with Gasteiger partial charge in [-0.1, -0.05) is 18.2 Å². The molecule has 42 heavy (non-hydrogen) atoms. The molecule has 2 aliphatic rings. The van der Waals surface area contributed by atoms with Crippen LogP contribution in [0.15, 0.2) is 102 Å². The monoisotopic (exact) mass is 564 g/mol. The minimum atomic E-state index is -1.17. The number of para-hydroxylation sites is 1. The van der Waals surface area contributed by atoms with Crippen molar-refractivity contribution in [2.24, 2.45) is 0 Å². The molecule has 0 radical (unpaired) electrons. The number of phenolic OH excluding ortho intramolecular Hbond substituents is 2. The molecule has 1 atom stereocenters. The molecule has 3 aromatic carbocycles. The molecule has 5 aromatic rings. The Morgan fingerprint density at radius 3 is 2.36 bits per heavy atom. The number of hydrogen-bond acceptors (Lipinski definition) is 10. The summed E-state index contributed by atoms with van der Waals surface area (Å²) < 4.78 is 21.8. The topological polar surface area (TPSA) is 157 Å². The fourth-order valence-electron chi connectivity index (χ4n) is 5.36. The van der Waals surface area contributed by atoms with Crippen LogP contribution in [0.2, 0.25) is 0 Å². The van der Waals surface area contributed by atoms with Crippen LogP contribution in [0.25, 0.3) is 27.7 Å². The highest BCUT2D eigenvalue weighted by molar-refractivity contribution is 5.94. The summed E-state index contributed by atoms with van der Waals surface area (Å²) in [5, 5.41) is 32.4. The number of aromatic hydroxyl groups is 2. The average Bonchev–Trinajstić information content (AvgIpc) is 2.95. The molecule has 0 fully saturated rings. The molecule has 0 saturated carbocycles. The maximum Gasteiger partial charge on any atom is 0.337 e. The zero-order chi connectivity index (χ0) is 29.1. The van der Waals surface area contributed by atoms with E-state index < -0.39 is 23.5 Å². The van der Waals surface area contributed by atoms with E-state index in [0.29, 0.717) is 38.8 Å². The molecule has 2 aliphatic heterocycles. The van der Waals surface area contributed by atoms with E-state index in [4.69, 9.17) is 18.3 Å². The molecule has 2 aromatic heterocycles. The minimum Gasteiger partial charge on any atom is -0.508 e. The van der Waals surface area contributed by atoms with E-state index in [1.807, 2.05) is 0 Å². The van der Waals surface area contributed by atoms with Gasteiger partial charge in [0.05, 0.1) is 11.1 Å². The molecule has 208 valence electrons. The number of phenols is 2. The van der Waals surface area contributed by atoms with Crippen molar-refractivity contribution < 1.29 is 38.4 Å². The molecule has 10 nitrogen and oxygen atoms in total. The van der Waals surface area contributed by atoms with Crippen molar-refractivity contribution in [1.82, 2.24) is 0 Å². The second kappa shape index (κ2) is 9.41. The SMILES string of the molecule is O=C1OC2Oc3ccc(Cc4cc(=O)oc5ccc(O)cc45)cc3C(O)=C2C=C1Cc1cc(=O)oc2c(O)cccc12. The molecular formula is C32H20O10. The van der Waals surface area contributed by atoms with Crippen LogP contribution >= 0.6 is 0 Å². The van der Waals surface area contributed by atoms with E-state index in [2.05, 4.69) is 0 Å². The molecule has 0 bridgehead atoms. The summed E-state index contributed by atoms with van der Waals surface area (Å²) in [7, 11) is 0. The number of aliphatic hydroxyl groups is 1. The second-order valence-corrected chi connectivity index (χ2v) is 10.0. The maximum atomic E-state index is 12.9. The first-order valence-corrected chi connectivity index (χ1v) is 12.9. The van der Waals surface area contributed by atoms with Gasteiger partial charge in [0, 0.05) is 34.9 Å². The molecule has 0 spiro atoms. The van der Waals surface area contributed by atoms with E-state index in [1.165, 1.54) is 42.5 Å². The van der Waals surface area contributed by atoms with Crippen LogP contribution in [0, 0.1) is 0 Å². The normalized spacial score (nSPS) is 16.0. The highest BCUT2D eigenvalue weighted by Gasteiger charge is 2.36. The summed E-state index contributed by atoms with van der Waals surface area (Å²) in [6.07, 6.45) is 0.560. The lowest BCUT2D eigenvalue weighted by atomic mass is 9.94. The smallest absolute Gasteiger partial charge is 0.337 e. The first-order valence-electron chi connectivity index (χ1n) is 12.9. The van der Waals surface area contributed by atoms with E-state index in [-0.39, 0.29) is 46.8 Å². The van der Waals surface area contributed by atoms with Crippen molar-refractivity contribution in [2.75, 3.05) is 0 Å². The first kappa shape index (κ1) is 25.2. The molecular weight excluding hydrogens is 544 g/mol. The molecule has 0 aliphatic carbocycles. The van der Waals surface area contributed by atoms with Crippen LogP contribution in [-0.4, -0.2) is 27.6 Å². The Hall–Kier alpha value is -5.77. The summed E-state index contributed by atoms with van der Waals surface area (Å²) in [4.78, 5) is 37.2. The number of benzene rings is 3. The van der Waals surface area contributed by atoms with E-state index in [1.54, 1.807) is 30.3 Å². The third-order valence-corrected chi connectivity index (χ3v) is 7.29. The zero-order valence-electron chi connectivity index (χ0n) is 21.6. The van der Waals surface area contributed by atoms with Gasteiger partial charge in [0.1, 0.15) is 22.8 Å². The summed E-state index contributed by atoms with van der Waals surface area (Å²) in [6.45, 7) is 0. The standard InChI is InChI=1S/C32H20O10/c33-19-5-7-25-21(14-19)16(12-27(35)39-25)8-15-4-6-26-22(9-15)29(37)23-11-18(31(38)42-32(23)40-26)10-17-13-28(36)41-30-20(17)2-1-3-24(30)34/h1-7,9,11-14,32-34,37H,8,10H2. The Kier molecular flexibility index (Phi) is 5.65. The number of aliphatic hydroxyl groups excluding tert-OH is 1. The number of carbonyl (C=O) groups is 1. The van der Waals surface area contributed by atoms with E-state index in [9.17, 15) is 29.7 Å². The second-order valence-electron chi connectivity index (χ2n) is 10.0. The number of ether oxygens (including phenoxy) is 2. The Morgan fingerprint density at radius 2 is 1.52 bits per heavy atom. The third kappa shape index (κ3) is 4.26. The molecule has 4 heterocycles. The summed E-state index contributed by atoms with van der Waals surface area (Å²) in [5.74, 6) is -0.719. The van der Waals surface area contributed by atoms with Crippen LogP contribution in [0.3, 0.4) is 0 Å². The Bertz CT molecular complexity index is 2150. The van der Waals surface area contributed by atoms with Gasteiger partial charge >= 0.3 is 17.2 Å². The average molecular weight is 565 g/mol. The highest BCUT2D eigenvalue weighted by atomic mass is 16.7. The Balaban J connectivity index is 1.27. The van der Waals surface area contributed by atoms with Crippen LogP contribution in [0.5, 0.6) is 17.2 Å². The quantitative estimate of drug-likeness (QED) is 0.208. The van der Waals surface area contributed by atoms with Crippen molar-refractivity contribution in [3.8, 4) is 17.2 Å². The molecule has 10 heteroatoms. The van der Waals surface area contributed by atoms with Crippen molar-refractivity contribution in [3.05, 3.63) is 127 Å². The van der Waals surface area contributed by atoms with Gasteiger partial charge in [-0.3, -0.25) is 0 Å². The van der Waals surface area contributed by atoms with Gasteiger partial charge in [-0.05, 0) is 65.6 Å². The summed E-state index contributed by atoms with van der Waals surface area (Å²) >= 11 is 0.